The van der Waals surface area contributed by atoms with Crippen molar-refractivity contribution in [3.63, 3.8) is 0 Å². The van der Waals surface area contributed by atoms with Crippen LogP contribution >= 0.6 is 0 Å². The third-order valence-electron chi connectivity index (χ3n) is 5.30. The molecule has 2 N–H and O–H groups in total. The highest BCUT2D eigenvalue weighted by Gasteiger charge is 2.32. The number of likely N-dealkylation sites (tertiary alicyclic amines) is 1. The molecule has 0 saturated carbocycles. The fourth-order valence-electron chi connectivity index (χ4n) is 3.81. The number of aromatic hydroxyl groups is 1. The van der Waals surface area contributed by atoms with Gasteiger partial charge in [-0.05, 0) is 50.6 Å². The third kappa shape index (κ3) is 4.04. The average Bonchev–Trinajstić information content (AvgIpc) is 3.08. The molecule has 1 aliphatic rings. The summed E-state index contributed by atoms with van der Waals surface area (Å²) in [7, 11) is 0. The summed E-state index contributed by atoms with van der Waals surface area (Å²) >= 11 is 0. The van der Waals surface area contributed by atoms with Crippen LogP contribution in [0.4, 0.5) is 19.2 Å². The average molecular weight is 421 g/mol. The minimum atomic E-state index is -4.55. The third-order valence-corrected chi connectivity index (χ3v) is 5.30. The van der Waals surface area contributed by atoms with Crippen LogP contribution in [-0.2, 0) is 6.18 Å². The molecule has 1 aromatic carbocycles. The fourth-order valence-corrected chi connectivity index (χ4v) is 3.81. The highest BCUT2D eigenvalue weighted by Crippen LogP contribution is 2.38. The van der Waals surface area contributed by atoms with Crippen molar-refractivity contribution in [1.29, 1.82) is 0 Å². The zero-order valence-electron chi connectivity index (χ0n) is 16.6. The summed E-state index contributed by atoms with van der Waals surface area (Å²) in [5, 5.41) is 13.5. The van der Waals surface area contributed by atoms with Gasteiger partial charge in [-0.15, -0.1) is 0 Å². The van der Waals surface area contributed by atoms with Crippen LogP contribution in [-0.4, -0.2) is 50.6 Å². The Morgan fingerprint density at radius 3 is 2.80 bits per heavy atom. The molecule has 0 bridgehead atoms. The van der Waals surface area contributed by atoms with Gasteiger partial charge in [0.05, 0.1) is 17.5 Å². The summed E-state index contributed by atoms with van der Waals surface area (Å²) in [6, 6.07) is 2.16. The Morgan fingerprint density at radius 2 is 2.10 bits per heavy atom. The highest BCUT2D eigenvalue weighted by atomic mass is 19.4. The van der Waals surface area contributed by atoms with Gasteiger partial charge < -0.3 is 19.7 Å². The number of anilines is 1. The van der Waals surface area contributed by atoms with Gasteiger partial charge >= 0.3 is 6.18 Å². The van der Waals surface area contributed by atoms with Crippen molar-refractivity contribution >= 4 is 17.4 Å². The first-order valence-electron chi connectivity index (χ1n) is 9.78. The molecule has 2 aromatic heterocycles. The first-order valence-corrected chi connectivity index (χ1v) is 9.78. The summed E-state index contributed by atoms with van der Waals surface area (Å²) < 4.78 is 44.5. The van der Waals surface area contributed by atoms with E-state index in [0.29, 0.717) is 12.1 Å². The number of oxazole rings is 1. The second-order valence-electron chi connectivity index (χ2n) is 7.46. The normalized spacial score (nSPS) is 18.1. The lowest BCUT2D eigenvalue weighted by molar-refractivity contribution is -0.137. The van der Waals surface area contributed by atoms with Crippen molar-refractivity contribution in [3.8, 4) is 17.0 Å². The Kier molecular flexibility index (Phi) is 5.27. The lowest BCUT2D eigenvalue weighted by Gasteiger charge is -2.31. The molecule has 0 aliphatic carbocycles. The molecule has 3 heterocycles. The Labute approximate surface area is 171 Å². The van der Waals surface area contributed by atoms with Crippen molar-refractivity contribution in [2.75, 3.05) is 25.0 Å². The van der Waals surface area contributed by atoms with E-state index in [1.54, 1.807) is 0 Å². The number of nitrogens with one attached hydrogen (secondary N) is 1. The molecule has 0 amide bonds. The predicted octanol–water partition coefficient (Wildman–Crippen LogP) is 4.21. The molecule has 7 nitrogen and oxygen atoms in total. The van der Waals surface area contributed by atoms with Gasteiger partial charge in [-0.2, -0.15) is 18.2 Å². The Bertz CT molecular complexity index is 1040. The summed E-state index contributed by atoms with van der Waals surface area (Å²) in [6.45, 7) is 6.54. The molecule has 0 radical (unpaired) electrons. The molecule has 30 heavy (non-hydrogen) atoms. The lowest BCUT2D eigenvalue weighted by atomic mass is 10.0. The molecular formula is C20H22F3N5O2. The van der Waals surface area contributed by atoms with Crippen LogP contribution < -0.4 is 5.32 Å². The number of fused-ring (bicyclic) bond motifs is 1. The minimum absolute atomic E-state index is 0.181. The number of phenolic OH excluding ortho intramolecular Hbond substituents is 1. The summed E-state index contributed by atoms with van der Waals surface area (Å²) in [4.78, 5) is 15.2. The number of rotatable bonds is 4. The van der Waals surface area contributed by atoms with Crippen LogP contribution in [0, 0.1) is 6.92 Å². The Morgan fingerprint density at radius 1 is 1.30 bits per heavy atom. The molecular weight excluding hydrogens is 399 g/mol. The Hall–Kier alpha value is -2.88. The first kappa shape index (κ1) is 20.4. The number of halogens is 3. The van der Waals surface area contributed by atoms with E-state index in [1.807, 2.05) is 0 Å². The largest absolute Gasteiger partial charge is 0.507 e. The summed E-state index contributed by atoms with van der Waals surface area (Å²) in [5.41, 5.74) is 0.156. The van der Waals surface area contributed by atoms with Crippen LogP contribution in [0.15, 0.2) is 22.7 Å². The highest BCUT2D eigenvalue weighted by molar-refractivity contribution is 5.75. The standard InChI is InChI=1S/C20H22F3N5O2/c1-3-28-6-4-5-13(10-28)25-19-27-17-18(30-19)24-9-14(26-17)16-11(2)7-12(8-15(16)29)20(21,22)23/h7-9,13,29H,3-6,10H2,1-2H3,(H,25,26,27)/t13-/m1/s1. The molecule has 0 unspecified atom stereocenters. The number of likely N-dealkylation sites (N-methyl/N-ethyl adjacent to an activating group) is 1. The zero-order chi connectivity index (χ0) is 21.5. The van der Waals surface area contributed by atoms with E-state index < -0.39 is 17.5 Å². The van der Waals surface area contributed by atoms with Gasteiger partial charge in [0.2, 0.25) is 5.65 Å². The molecule has 4 rings (SSSR count). The van der Waals surface area contributed by atoms with E-state index in [2.05, 4.69) is 32.1 Å². The zero-order valence-corrected chi connectivity index (χ0v) is 16.6. The number of piperidine rings is 1. The van der Waals surface area contributed by atoms with E-state index in [4.69, 9.17) is 4.42 Å². The van der Waals surface area contributed by atoms with Crippen molar-refractivity contribution in [2.24, 2.45) is 0 Å². The van der Waals surface area contributed by atoms with Gasteiger partial charge in [0.15, 0.2) is 0 Å². The maximum absolute atomic E-state index is 13.0. The minimum Gasteiger partial charge on any atom is -0.507 e. The fraction of sp³-hybridized carbons (Fsp3) is 0.450. The van der Waals surface area contributed by atoms with Crippen LogP contribution in [0.2, 0.25) is 0 Å². The van der Waals surface area contributed by atoms with Crippen molar-refractivity contribution in [3.05, 3.63) is 29.5 Å². The van der Waals surface area contributed by atoms with E-state index in [0.717, 1.165) is 38.5 Å². The molecule has 3 aromatic rings. The SMILES string of the molecule is CCN1CCC[C@@H](Nc2nc3nc(-c4c(C)cc(C(F)(F)F)cc4O)cnc3o2)C1. The molecule has 0 spiro atoms. The van der Waals surface area contributed by atoms with Gasteiger partial charge in [-0.1, -0.05) is 6.92 Å². The predicted molar refractivity (Wildman–Crippen MR) is 105 cm³/mol. The van der Waals surface area contributed by atoms with Crippen LogP contribution in [0.3, 0.4) is 0 Å². The molecule has 10 heteroatoms. The maximum atomic E-state index is 13.0. The molecule has 1 saturated heterocycles. The van der Waals surface area contributed by atoms with Gasteiger partial charge in [-0.3, -0.25) is 0 Å². The van der Waals surface area contributed by atoms with Crippen LogP contribution in [0.1, 0.15) is 30.9 Å². The lowest BCUT2D eigenvalue weighted by Crippen LogP contribution is -2.41. The number of alkyl halides is 3. The number of phenols is 1. The van der Waals surface area contributed by atoms with Crippen LogP contribution in [0.5, 0.6) is 5.75 Å². The van der Waals surface area contributed by atoms with E-state index in [9.17, 15) is 18.3 Å². The number of aromatic nitrogens is 3. The number of hydrogen-bond donors (Lipinski definition) is 2. The maximum Gasteiger partial charge on any atom is 0.416 e. The quantitative estimate of drug-likeness (QED) is 0.652. The molecule has 1 aliphatic heterocycles. The monoisotopic (exact) mass is 421 g/mol. The molecule has 160 valence electrons. The second-order valence-corrected chi connectivity index (χ2v) is 7.46. The Balaban J connectivity index is 1.62. The smallest absolute Gasteiger partial charge is 0.416 e. The van der Waals surface area contributed by atoms with Gasteiger partial charge in [0.1, 0.15) is 5.75 Å². The summed E-state index contributed by atoms with van der Waals surface area (Å²) in [5.74, 6) is -0.514. The molecule has 1 atom stereocenters. The van der Waals surface area contributed by atoms with Crippen LogP contribution in [0.25, 0.3) is 22.6 Å². The topological polar surface area (TPSA) is 87.3 Å². The number of hydrogen-bond acceptors (Lipinski definition) is 7. The first-order chi connectivity index (χ1) is 14.2. The number of nitrogens with zero attached hydrogens (tertiary/aromatic N) is 4. The summed E-state index contributed by atoms with van der Waals surface area (Å²) in [6.07, 6.45) is -1.11. The second kappa shape index (κ2) is 7.75. The van der Waals surface area contributed by atoms with Gasteiger partial charge in [-0.25, -0.2) is 9.97 Å². The van der Waals surface area contributed by atoms with Gasteiger partial charge in [0, 0.05) is 18.2 Å². The van der Waals surface area contributed by atoms with Crippen molar-refractivity contribution in [2.45, 2.75) is 38.9 Å². The van der Waals surface area contributed by atoms with E-state index in [1.165, 1.54) is 13.1 Å². The van der Waals surface area contributed by atoms with Gasteiger partial charge in [0.25, 0.3) is 11.7 Å². The molecule has 1 fully saturated rings. The number of benzene rings is 1. The van der Waals surface area contributed by atoms with Crippen molar-refractivity contribution in [1.82, 2.24) is 19.9 Å². The van der Waals surface area contributed by atoms with Crippen molar-refractivity contribution < 1.29 is 22.7 Å². The number of aryl methyl sites for hydroxylation is 1. The van der Waals surface area contributed by atoms with E-state index in [-0.39, 0.29) is 34.2 Å². The van der Waals surface area contributed by atoms with E-state index >= 15 is 0 Å².